The lowest BCUT2D eigenvalue weighted by Crippen LogP contribution is -2.25. The summed E-state index contributed by atoms with van der Waals surface area (Å²) in [7, 11) is 0. The van der Waals surface area contributed by atoms with Crippen LogP contribution in [0.5, 0.6) is 0 Å². The fourth-order valence-electron chi connectivity index (χ4n) is 2.31. The van der Waals surface area contributed by atoms with Crippen LogP contribution in [0.2, 0.25) is 0 Å². The molecule has 2 rings (SSSR count). The Bertz CT molecular complexity index is 546. The quantitative estimate of drug-likeness (QED) is 0.853. The highest BCUT2D eigenvalue weighted by molar-refractivity contribution is 7.11. The third-order valence-corrected chi connectivity index (χ3v) is 4.32. The standard InChI is InChI=1S/C14H23N5S/c1-5-7-15-13(14-10(3)17-11(4)20-14)12-9-16-18-19(12)8-6-2/h9,13,15H,5-8H2,1-4H3. The van der Waals surface area contributed by atoms with Crippen LogP contribution in [0.1, 0.15) is 54.0 Å². The Morgan fingerprint density at radius 1 is 1.30 bits per heavy atom. The molecule has 2 aromatic rings. The van der Waals surface area contributed by atoms with Crippen molar-refractivity contribution >= 4 is 11.3 Å². The number of hydrogen-bond acceptors (Lipinski definition) is 5. The van der Waals surface area contributed by atoms with E-state index in [2.05, 4.69) is 48.3 Å². The molecule has 110 valence electrons. The molecule has 0 amide bonds. The second kappa shape index (κ2) is 6.95. The molecule has 0 aromatic carbocycles. The molecular weight excluding hydrogens is 270 g/mol. The molecule has 0 aliphatic carbocycles. The van der Waals surface area contributed by atoms with Gasteiger partial charge in [0.1, 0.15) is 0 Å². The van der Waals surface area contributed by atoms with E-state index in [0.29, 0.717) is 0 Å². The van der Waals surface area contributed by atoms with Gasteiger partial charge in [-0.15, -0.1) is 16.4 Å². The van der Waals surface area contributed by atoms with E-state index in [1.54, 1.807) is 11.3 Å². The summed E-state index contributed by atoms with van der Waals surface area (Å²) >= 11 is 1.76. The Hall–Kier alpha value is -1.27. The van der Waals surface area contributed by atoms with Gasteiger partial charge >= 0.3 is 0 Å². The maximum Gasteiger partial charge on any atom is 0.0900 e. The predicted octanol–water partition coefficient (Wildman–Crippen LogP) is 2.85. The van der Waals surface area contributed by atoms with E-state index < -0.39 is 0 Å². The molecule has 5 nitrogen and oxygen atoms in total. The zero-order valence-corrected chi connectivity index (χ0v) is 13.5. The molecule has 0 aliphatic rings. The highest BCUT2D eigenvalue weighted by Gasteiger charge is 2.22. The Morgan fingerprint density at radius 2 is 2.10 bits per heavy atom. The van der Waals surface area contributed by atoms with Gasteiger partial charge in [-0.1, -0.05) is 19.1 Å². The number of rotatable bonds is 7. The first-order chi connectivity index (χ1) is 9.67. The third kappa shape index (κ3) is 3.24. The van der Waals surface area contributed by atoms with Crippen molar-refractivity contribution in [3.05, 3.63) is 27.5 Å². The van der Waals surface area contributed by atoms with E-state index in [1.165, 1.54) is 4.88 Å². The summed E-state index contributed by atoms with van der Waals surface area (Å²) < 4.78 is 2.00. The van der Waals surface area contributed by atoms with E-state index in [9.17, 15) is 0 Å². The maximum absolute atomic E-state index is 4.55. The summed E-state index contributed by atoms with van der Waals surface area (Å²) in [4.78, 5) is 5.83. The first kappa shape index (κ1) is 15.1. The zero-order chi connectivity index (χ0) is 14.5. The van der Waals surface area contributed by atoms with Gasteiger partial charge in [0, 0.05) is 6.54 Å². The molecule has 6 heteroatoms. The lowest BCUT2D eigenvalue weighted by molar-refractivity contribution is 0.506. The fraction of sp³-hybridized carbons (Fsp3) is 0.643. The van der Waals surface area contributed by atoms with Crippen molar-refractivity contribution in [1.82, 2.24) is 25.3 Å². The highest BCUT2D eigenvalue weighted by Crippen LogP contribution is 2.29. The summed E-state index contributed by atoms with van der Waals surface area (Å²) in [5.74, 6) is 0. The Balaban J connectivity index is 2.36. The van der Waals surface area contributed by atoms with Crippen LogP contribution in [0, 0.1) is 13.8 Å². The number of thiazole rings is 1. The van der Waals surface area contributed by atoms with Crippen molar-refractivity contribution in [1.29, 1.82) is 0 Å². The van der Waals surface area contributed by atoms with E-state index in [-0.39, 0.29) is 6.04 Å². The summed E-state index contributed by atoms with van der Waals surface area (Å²) in [6.07, 6.45) is 4.03. The monoisotopic (exact) mass is 293 g/mol. The minimum absolute atomic E-state index is 0.141. The van der Waals surface area contributed by atoms with Crippen LogP contribution >= 0.6 is 11.3 Å². The average Bonchev–Trinajstić information content (AvgIpc) is 2.99. The van der Waals surface area contributed by atoms with Gasteiger partial charge in [-0.25, -0.2) is 9.67 Å². The Morgan fingerprint density at radius 3 is 2.70 bits per heavy atom. The average molecular weight is 293 g/mol. The molecule has 1 unspecified atom stereocenters. The summed E-state index contributed by atoms with van der Waals surface area (Å²) in [6, 6.07) is 0.141. The zero-order valence-electron chi connectivity index (χ0n) is 12.7. The van der Waals surface area contributed by atoms with E-state index in [0.717, 1.165) is 42.3 Å². The maximum atomic E-state index is 4.55. The summed E-state index contributed by atoms with van der Waals surface area (Å²) in [6.45, 7) is 10.3. The van der Waals surface area contributed by atoms with Gasteiger partial charge in [0.05, 0.1) is 33.5 Å². The molecule has 2 heterocycles. The van der Waals surface area contributed by atoms with Crippen molar-refractivity contribution < 1.29 is 0 Å². The van der Waals surface area contributed by atoms with E-state index in [4.69, 9.17) is 0 Å². The van der Waals surface area contributed by atoms with E-state index in [1.807, 2.05) is 10.9 Å². The second-order valence-electron chi connectivity index (χ2n) is 4.95. The first-order valence-electron chi connectivity index (χ1n) is 7.23. The molecule has 1 atom stereocenters. The van der Waals surface area contributed by atoms with Gasteiger partial charge in [-0.05, 0) is 33.2 Å². The van der Waals surface area contributed by atoms with Crippen molar-refractivity contribution in [2.24, 2.45) is 0 Å². The van der Waals surface area contributed by atoms with Crippen molar-refractivity contribution in [2.75, 3.05) is 6.54 Å². The van der Waals surface area contributed by atoms with Gasteiger partial charge in [0.15, 0.2) is 0 Å². The molecule has 20 heavy (non-hydrogen) atoms. The van der Waals surface area contributed by atoms with Crippen molar-refractivity contribution in [3.63, 3.8) is 0 Å². The molecule has 0 bridgehead atoms. The molecule has 0 saturated heterocycles. The van der Waals surface area contributed by atoms with Crippen LogP contribution in [-0.4, -0.2) is 26.5 Å². The molecule has 1 N–H and O–H groups in total. The molecular formula is C14H23N5S. The number of hydrogen-bond donors (Lipinski definition) is 1. The summed E-state index contributed by atoms with van der Waals surface area (Å²) in [5.41, 5.74) is 2.23. The van der Waals surface area contributed by atoms with Gasteiger partial charge in [-0.3, -0.25) is 0 Å². The van der Waals surface area contributed by atoms with Gasteiger partial charge in [0.2, 0.25) is 0 Å². The largest absolute Gasteiger partial charge is 0.304 e. The van der Waals surface area contributed by atoms with Crippen LogP contribution in [0.15, 0.2) is 6.20 Å². The minimum Gasteiger partial charge on any atom is -0.304 e. The van der Waals surface area contributed by atoms with Gasteiger partial charge < -0.3 is 5.32 Å². The van der Waals surface area contributed by atoms with Crippen LogP contribution in [0.4, 0.5) is 0 Å². The molecule has 0 aliphatic heterocycles. The fourth-order valence-corrected chi connectivity index (χ4v) is 3.33. The topological polar surface area (TPSA) is 55.6 Å². The summed E-state index contributed by atoms with van der Waals surface area (Å²) in [5, 5.41) is 13.0. The van der Waals surface area contributed by atoms with Crippen molar-refractivity contribution in [3.8, 4) is 0 Å². The van der Waals surface area contributed by atoms with E-state index >= 15 is 0 Å². The molecule has 2 aromatic heterocycles. The minimum atomic E-state index is 0.141. The van der Waals surface area contributed by atoms with Crippen LogP contribution in [-0.2, 0) is 6.54 Å². The first-order valence-corrected chi connectivity index (χ1v) is 8.04. The number of nitrogens with one attached hydrogen (secondary N) is 1. The highest BCUT2D eigenvalue weighted by atomic mass is 32.1. The Kier molecular flexibility index (Phi) is 5.25. The smallest absolute Gasteiger partial charge is 0.0900 e. The molecule has 0 spiro atoms. The van der Waals surface area contributed by atoms with Crippen LogP contribution in [0.25, 0.3) is 0 Å². The normalized spacial score (nSPS) is 12.8. The number of nitrogens with zero attached hydrogens (tertiary/aromatic N) is 4. The SMILES string of the molecule is CCCNC(c1sc(C)nc1C)c1cnnn1CCC. The third-order valence-electron chi connectivity index (χ3n) is 3.18. The van der Waals surface area contributed by atoms with Crippen LogP contribution < -0.4 is 5.32 Å². The van der Waals surface area contributed by atoms with Crippen molar-refractivity contribution in [2.45, 2.75) is 53.1 Å². The molecule has 0 saturated carbocycles. The number of aromatic nitrogens is 4. The number of aryl methyl sites for hydroxylation is 3. The lowest BCUT2D eigenvalue weighted by Gasteiger charge is -2.18. The van der Waals surface area contributed by atoms with Crippen LogP contribution in [0.3, 0.4) is 0 Å². The Labute approximate surface area is 124 Å². The molecule has 0 fully saturated rings. The predicted molar refractivity (Wildman–Crippen MR) is 82.0 cm³/mol. The molecule has 0 radical (unpaired) electrons. The van der Waals surface area contributed by atoms with Gasteiger partial charge in [0.25, 0.3) is 0 Å². The lowest BCUT2D eigenvalue weighted by atomic mass is 10.1. The van der Waals surface area contributed by atoms with Gasteiger partial charge in [-0.2, -0.15) is 0 Å². The second-order valence-corrected chi connectivity index (χ2v) is 6.19.